The molecule has 0 aromatic carbocycles. The van der Waals surface area contributed by atoms with Crippen molar-refractivity contribution in [2.45, 2.75) is 85.5 Å². The molecule has 0 aliphatic carbocycles. The van der Waals surface area contributed by atoms with Gasteiger partial charge in [0.2, 0.25) is 0 Å². The van der Waals surface area contributed by atoms with Crippen LogP contribution in [0.3, 0.4) is 0 Å². The van der Waals surface area contributed by atoms with E-state index in [1.54, 1.807) is 0 Å². The molecular weight excluding hydrogens is 306 g/mol. The molecule has 2 aromatic rings. The molecule has 3 heteroatoms. The molecule has 3 nitrogen and oxygen atoms in total. The molecule has 0 amide bonds. The van der Waals surface area contributed by atoms with Gasteiger partial charge < -0.3 is 0 Å². The Bertz CT molecular complexity index is 591. The highest BCUT2D eigenvalue weighted by Gasteiger charge is 2.13. The van der Waals surface area contributed by atoms with Crippen molar-refractivity contribution in [2.24, 2.45) is 0 Å². The van der Waals surface area contributed by atoms with Crippen LogP contribution >= 0.6 is 0 Å². The van der Waals surface area contributed by atoms with Crippen LogP contribution in [0.15, 0.2) is 30.5 Å². The minimum Gasteiger partial charge on any atom is -0.261 e. The van der Waals surface area contributed by atoms with E-state index in [0.717, 1.165) is 11.4 Å². The van der Waals surface area contributed by atoms with E-state index in [9.17, 15) is 0 Å². The molecule has 2 rings (SSSR count). The molecule has 0 N–H and O–H groups in total. The molecule has 0 atom stereocenters. The molecule has 0 aliphatic heterocycles. The third-order valence-corrected chi connectivity index (χ3v) is 4.13. The van der Waals surface area contributed by atoms with Crippen LogP contribution in [-0.4, -0.2) is 15.2 Å². The third-order valence-electron chi connectivity index (χ3n) is 4.13. The van der Waals surface area contributed by atoms with Crippen molar-refractivity contribution < 1.29 is 0 Å². The van der Waals surface area contributed by atoms with Crippen molar-refractivity contribution in [3.8, 4) is 0 Å². The quantitative estimate of drug-likeness (QED) is 0.664. The second-order valence-corrected chi connectivity index (χ2v) is 8.57. The van der Waals surface area contributed by atoms with E-state index in [0.29, 0.717) is 17.8 Å². The number of hydrogen-bond acceptors (Lipinski definition) is 3. The van der Waals surface area contributed by atoms with Crippen molar-refractivity contribution in [3.63, 3.8) is 0 Å². The second-order valence-electron chi connectivity index (χ2n) is 8.57. The Labute approximate surface area is 154 Å². The average molecular weight is 342 g/mol. The molecule has 0 aliphatic rings. The average Bonchev–Trinajstić information content (AvgIpc) is 2.54. The number of aromatic nitrogens is 3. The highest BCUT2D eigenvalue weighted by Crippen LogP contribution is 2.22. The van der Waals surface area contributed by atoms with Gasteiger partial charge in [0.15, 0.2) is 0 Å². The first-order chi connectivity index (χ1) is 11.5. The molecule has 0 fully saturated rings. The zero-order valence-electron chi connectivity index (χ0n) is 17.5. The van der Waals surface area contributed by atoms with Crippen molar-refractivity contribution >= 4 is 0 Å². The highest BCUT2D eigenvalue weighted by atomic mass is 15.1. The Kier molecular flexibility index (Phi) is 7.72. The molecule has 138 valence electrons. The van der Waals surface area contributed by atoms with Crippen molar-refractivity contribution in [1.29, 1.82) is 0 Å². The monoisotopic (exact) mass is 341 g/mol. The van der Waals surface area contributed by atoms with E-state index in [4.69, 9.17) is 0 Å². The molecule has 0 radical (unpaired) electrons. The van der Waals surface area contributed by atoms with Crippen LogP contribution < -0.4 is 0 Å². The van der Waals surface area contributed by atoms with Crippen molar-refractivity contribution in [3.05, 3.63) is 53.1 Å². The summed E-state index contributed by atoms with van der Waals surface area (Å²) in [6.07, 6.45) is 2.00. The SMILES string of the molecule is CC(C)c1ccc(C(C)(C)C)cn1.CC(C)c1ccc(C(C)C)nn1. The zero-order valence-corrected chi connectivity index (χ0v) is 17.5. The summed E-state index contributed by atoms with van der Waals surface area (Å²) in [6.45, 7) is 19.5. The Hall–Kier alpha value is -1.77. The smallest absolute Gasteiger partial charge is 0.0656 e. The summed E-state index contributed by atoms with van der Waals surface area (Å²) in [5.41, 5.74) is 4.83. The summed E-state index contributed by atoms with van der Waals surface area (Å²) >= 11 is 0. The molecule has 0 saturated carbocycles. The fourth-order valence-corrected chi connectivity index (χ4v) is 2.16. The summed E-state index contributed by atoms with van der Waals surface area (Å²) in [5.74, 6) is 1.46. The maximum absolute atomic E-state index is 4.44. The lowest BCUT2D eigenvalue weighted by atomic mass is 9.88. The molecule has 0 spiro atoms. The van der Waals surface area contributed by atoms with Gasteiger partial charge in [-0.2, -0.15) is 10.2 Å². The summed E-state index contributed by atoms with van der Waals surface area (Å²) in [4.78, 5) is 4.44. The van der Waals surface area contributed by atoms with Crippen LogP contribution in [0, 0.1) is 0 Å². The molecule has 0 unspecified atom stereocenters. The van der Waals surface area contributed by atoms with Crippen molar-refractivity contribution in [2.75, 3.05) is 0 Å². The predicted molar refractivity (Wildman–Crippen MR) is 107 cm³/mol. The van der Waals surface area contributed by atoms with E-state index in [1.165, 1.54) is 11.3 Å². The van der Waals surface area contributed by atoms with Crippen LogP contribution in [0.4, 0.5) is 0 Å². The molecule has 0 saturated heterocycles. The van der Waals surface area contributed by atoms with E-state index in [-0.39, 0.29) is 5.41 Å². The van der Waals surface area contributed by atoms with E-state index in [1.807, 2.05) is 6.20 Å². The number of pyridine rings is 1. The summed E-state index contributed by atoms with van der Waals surface area (Å²) in [6, 6.07) is 8.44. The van der Waals surface area contributed by atoms with Crippen molar-refractivity contribution in [1.82, 2.24) is 15.2 Å². The van der Waals surface area contributed by atoms with Crippen LogP contribution in [0.25, 0.3) is 0 Å². The fraction of sp³-hybridized carbons (Fsp3) is 0.591. The normalized spacial score (nSPS) is 11.7. The van der Waals surface area contributed by atoms with Gasteiger partial charge in [0, 0.05) is 11.9 Å². The maximum atomic E-state index is 4.44. The number of nitrogens with zero attached hydrogens (tertiary/aromatic N) is 3. The van der Waals surface area contributed by atoms with Crippen LogP contribution in [-0.2, 0) is 5.41 Å². The first-order valence-corrected chi connectivity index (χ1v) is 9.32. The van der Waals surface area contributed by atoms with E-state index >= 15 is 0 Å². The Morgan fingerprint density at radius 3 is 1.28 bits per heavy atom. The number of hydrogen-bond donors (Lipinski definition) is 0. The standard InChI is InChI=1S/C12H19N.C10H16N2/c1-9(2)11-7-6-10(8-13-11)12(3,4)5;1-7(2)9-5-6-10(8(3)4)12-11-9/h6-9H,1-5H3;5-8H,1-4H3. The molecular formula is C22H35N3. The van der Waals surface area contributed by atoms with Gasteiger partial charge in [-0.15, -0.1) is 0 Å². The maximum Gasteiger partial charge on any atom is 0.0656 e. The number of rotatable bonds is 3. The van der Waals surface area contributed by atoms with Gasteiger partial charge in [-0.1, -0.05) is 68.4 Å². The minimum absolute atomic E-state index is 0.211. The molecule has 0 bridgehead atoms. The third kappa shape index (κ3) is 6.93. The Morgan fingerprint density at radius 1 is 0.640 bits per heavy atom. The van der Waals surface area contributed by atoms with E-state index < -0.39 is 0 Å². The van der Waals surface area contributed by atoms with Crippen LogP contribution in [0.5, 0.6) is 0 Å². The Balaban J connectivity index is 0.000000251. The van der Waals surface area contributed by atoms with Gasteiger partial charge in [-0.05, 0) is 46.9 Å². The van der Waals surface area contributed by atoms with Crippen LogP contribution in [0.1, 0.15) is 103 Å². The molecule has 2 aromatic heterocycles. The second kappa shape index (κ2) is 9.07. The highest BCUT2D eigenvalue weighted by molar-refractivity contribution is 5.22. The topological polar surface area (TPSA) is 38.7 Å². The van der Waals surface area contributed by atoms with Gasteiger partial charge in [0.1, 0.15) is 0 Å². The summed E-state index contributed by atoms with van der Waals surface area (Å²) in [7, 11) is 0. The summed E-state index contributed by atoms with van der Waals surface area (Å²) < 4.78 is 0. The lowest BCUT2D eigenvalue weighted by Gasteiger charge is -2.18. The zero-order chi connectivity index (χ0) is 19.2. The van der Waals surface area contributed by atoms with Crippen LogP contribution in [0.2, 0.25) is 0 Å². The lowest BCUT2D eigenvalue weighted by molar-refractivity contribution is 0.586. The lowest BCUT2D eigenvalue weighted by Crippen LogP contribution is -2.11. The molecule has 2 heterocycles. The largest absolute Gasteiger partial charge is 0.261 e. The molecule has 25 heavy (non-hydrogen) atoms. The minimum atomic E-state index is 0.211. The van der Waals surface area contributed by atoms with Gasteiger partial charge >= 0.3 is 0 Å². The van der Waals surface area contributed by atoms with Gasteiger partial charge in [-0.25, -0.2) is 0 Å². The fourth-order valence-electron chi connectivity index (χ4n) is 2.16. The first kappa shape index (κ1) is 21.3. The van der Waals surface area contributed by atoms with Gasteiger partial charge in [0.25, 0.3) is 0 Å². The first-order valence-electron chi connectivity index (χ1n) is 9.32. The van der Waals surface area contributed by atoms with E-state index in [2.05, 4.69) is 102 Å². The Morgan fingerprint density at radius 2 is 1.04 bits per heavy atom. The predicted octanol–water partition coefficient (Wildman–Crippen LogP) is 6.23. The van der Waals surface area contributed by atoms with Gasteiger partial charge in [-0.3, -0.25) is 4.98 Å². The summed E-state index contributed by atoms with van der Waals surface area (Å²) in [5, 5.41) is 8.30. The van der Waals surface area contributed by atoms with Gasteiger partial charge in [0.05, 0.1) is 11.4 Å².